The van der Waals surface area contributed by atoms with E-state index in [1.165, 1.54) is 0 Å². The summed E-state index contributed by atoms with van der Waals surface area (Å²) in [5.74, 6) is 3.43. The van der Waals surface area contributed by atoms with Crippen LogP contribution in [-0.4, -0.2) is 50.9 Å². The summed E-state index contributed by atoms with van der Waals surface area (Å²) in [5, 5.41) is 17.4. The van der Waals surface area contributed by atoms with Crippen molar-refractivity contribution in [2.75, 3.05) is 44.7 Å². The van der Waals surface area contributed by atoms with Gasteiger partial charge in [-0.15, -0.1) is 24.0 Å². The first kappa shape index (κ1) is 25.3. The molecule has 1 aliphatic heterocycles. The standard InChI is InChI=1S/C23H34N4O3.HI/c1-5-24-22(26-16-23(3,28)21-11-10-17(2)30-21)25-14-18-12-13-27(15-18)19-8-6-7-9-20(19)29-4;/h6-11,18,28H,5,12-16H2,1-4H3,(H2,24,25,26);1H. The summed E-state index contributed by atoms with van der Waals surface area (Å²) >= 11 is 0. The maximum atomic E-state index is 10.7. The van der Waals surface area contributed by atoms with E-state index in [0.29, 0.717) is 17.6 Å². The van der Waals surface area contributed by atoms with Crippen LogP contribution in [0, 0.1) is 12.8 Å². The van der Waals surface area contributed by atoms with Crippen molar-refractivity contribution >= 4 is 35.6 Å². The lowest BCUT2D eigenvalue weighted by molar-refractivity contribution is 0.0428. The lowest BCUT2D eigenvalue weighted by Gasteiger charge is -2.22. The van der Waals surface area contributed by atoms with E-state index in [9.17, 15) is 5.11 Å². The van der Waals surface area contributed by atoms with Gasteiger partial charge in [-0.1, -0.05) is 12.1 Å². The van der Waals surface area contributed by atoms with Gasteiger partial charge in [0.2, 0.25) is 0 Å². The van der Waals surface area contributed by atoms with Crippen LogP contribution in [0.5, 0.6) is 5.75 Å². The lowest BCUT2D eigenvalue weighted by atomic mass is 10.0. The summed E-state index contributed by atoms with van der Waals surface area (Å²) in [6.07, 6.45) is 1.11. The number of rotatable bonds is 8. The summed E-state index contributed by atoms with van der Waals surface area (Å²) in [7, 11) is 1.71. The summed E-state index contributed by atoms with van der Waals surface area (Å²) in [6.45, 7) is 9.39. The minimum absolute atomic E-state index is 0. The molecule has 0 radical (unpaired) electrons. The van der Waals surface area contributed by atoms with Crippen LogP contribution in [0.1, 0.15) is 31.8 Å². The third-order valence-electron chi connectivity index (χ3n) is 5.43. The van der Waals surface area contributed by atoms with Gasteiger partial charge in [0.25, 0.3) is 0 Å². The predicted octanol–water partition coefficient (Wildman–Crippen LogP) is 3.50. The van der Waals surface area contributed by atoms with Gasteiger partial charge in [-0.2, -0.15) is 0 Å². The Morgan fingerprint density at radius 1 is 1.29 bits per heavy atom. The smallest absolute Gasteiger partial charge is 0.191 e. The van der Waals surface area contributed by atoms with Crippen molar-refractivity contribution < 1.29 is 14.3 Å². The second-order valence-corrected chi connectivity index (χ2v) is 8.03. The molecule has 0 saturated carbocycles. The summed E-state index contributed by atoms with van der Waals surface area (Å²) < 4.78 is 11.1. The van der Waals surface area contributed by atoms with Gasteiger partial charge in [-0.3, -0.25) is 0 Å². The van der Waals surface area contributed by atoms with E-state index < -0.39 is 5.60 Å². The van der Waals surface area contributed by atoms with Crippen molar-refractivity contribution in [3.63, 3.8) is 0 Å². The van der Waals surface area contributed by atoms with E-state index in [1.807, 2.05) is 38.1 Å². The highest BCUT2D eigenvalue weighted by molar-refractivity contribution is 14.0. The number of methoxy groups -OCH3 is 1. The topological polar surface area (TPSA) is 82.3 Å². The molecule has 31 heavy (non-hydrogen) atoms. The Bertz CT molecular complexity index is 853. The average molecular weight is 542 g/mol. The SMILES string of the molecule is CCNC(=NCC(C)(O)c1ccc(C)o1)NCC1CCN(c2ccccc2OC)C1.I. The minimum Gasteiger partial charge on any atom is -0.495 e. The first-order valence-corrected chi connectivity index (χ1v) is 10.6. The maximum absolute atomic E-state index is 10.7. The van der Waals surface area contributed by atoms with Crippen LogP contribution in [0.3, 0.4) is 0 Å². The van der Waals surface area contributed by atoms with Gasteiger partial charge in [-0.05, 0) is 57.4 Å². The second kappa shape index (κ2) is 11.6. The predicted molar refractivity (Wildman–Crippen MR) is 136 cm³/mol. The van der Waals surface area contributed by atoms with Crippen LogP contribution in [0.25, 0.3) is 0 Å². The van der Waals surface area contributed by atoms with Gasteiger partial charge in [0.05, 0.1) is 19.3 Å². The Hall–Kier alpha value is -1.94. The number of para-hydroxylation sites is 2. The molecule has 2 unspecified atom stereocenters. The van der Waals surface area contributed by atoms with Gasteiger partial charge in [0.1, 0.15) is 22.9 Å². The van der Waals surface area contributed by atoms with Gasteiger partial charge in [-0.25, -0.2) is 4.99 Å². The summed E-state index contributed by atoms with van der Waals surface area (Å²) in [6, 6.07) is 11.8. The molecule has 0 amide bonds. The Kier molecular flexibility index (Phi) is 9.49. The second-order valence-electron chi connectivity index (χ2n) is 8.03. The summed E-state index contributed by atoms with van der Waals surface area (Å²) in [4.78, 5) is 6.96. The van der Waals surface area contributed by atoms with E-state index in [1.54, 1.807) is 20.1 Å². The molecular weight excluding hydrogens is 507 g/mol. The molecule has 7 nitrogen and oxygen atoms in total. The molecule has 0 aliphatic carbocycles. The number of nitrogens with one attached hydrogen (secondary N) is 2. The fourth-order valence-electron chi connectivity index (χ4n) is 3.73. The van der Waals surface area contributed by atoms with E-state index in [2.05, 4.69) is 26.6 Å². The molecule has 2 atom stereocenters. The fourth-order valence-corrected chi connectivity index (χ4v) is 3.73. The zero-order valence-electron chi connectivity index (χ0n) is 18.9. The minimum atomic E-state index is -1.15. The van der Waals surface area contributed by atoms with Gasteiger partial charge >= 0.3 is 0 Å². The number of anilines is 1. The molecule has 3 rings (SSSR count). The third-order valence-corrected chi connectivity index (χ3v) is 5.43. The quantitative estimate of drug-likeness (QED) is 0.269. The number of guanidine groups is 1. The molecular formula is C23H35IN4O3. The number of ether oxygens (including phenoxy) is 1. The van der Waals surface area contributed by atoms with E-state index in [4.69, 9.17) is 9.15 Å². The molecule has 3 N–H and O–H groups in total. The number of aliphatic imine (C=N–C) groups is 1. The number of aliphatic hydroxyl groups is 1. The molecule has 0 bridgehead atoms. The number of furan rings is 1. The number of hydrogen-bond acceptors (Lipinski definition) is 5. The monoisotopic (exact) mass is 542 g/mol. The van der Waals surface area contributed by atoms with Crippen LogP contribution in [0.4, 0.5) is 5.69 Å². The van der Waals surface area contributed by atoms with Crippen molar-refractivity contribution in [3.8, 4) is 5.75 Å². The molecule has 0 spiro atoms. The van der Waals surface area contributed by atoms with Crippen LogP contribution in [0.2, 0.25) is 0 Å². The number of nitrogens with zero attached hydrogens (tertiary/aromatic N) is 2. The maximum Gasteiger partial charge on any atom is 0.191 e. The first-order valence-electron chi connectivity index (χ1n) is 10.6. The van der Waals surface area contributed by atoms with Gasteiger partial charge < -0.3 is 29.8 Å². The van der Waals surface area contributed by atoms with Crippen LogP contribution in [0.15, 0.2) is 45.8 Å². The first-order chi connectivity index (χ1) is 14.4. The van der Waals surface area contributed by atoms with Crippen LogP contribution < -0.4 is 20.3 Å². The Morgan fingerprint density at radius 2 is 2.06 bits per heavy atom. The van der Waals surface area contributed by atoms with Gasteiger partial charge in [0.15, 0.2) is 5.96 Å². The fraction of sp³-hybridized carbons (Fsp3) is 0.522. The van der Waals surface area contributed by atoms with Crippen molar-refractivity contribution in [2.24, 2.45) is 10.9 Å². The van der Waals surface area contributed by atoms with Crippen LogP contribution >= 0.6 is 24.0 Å². The van der Waals surface area contributed by atoms with Gasteiger partial charge in [0, 0.05) is 26.2 Å². The molecule has 1 aliphatic rings. The number of hydrogen-bond donors (Lipinski definition) is 3. The van der Waals surface area contributed by atoms with Crippen molar-refractivity contribution in [2.45, 2.75) is 32.8 Å². The highest BCUT2D eigenvalue weighted by Crippen LogP contribution is 2.31. The molecule has 1 aromatic carbocycles. The van der Waals surface area contributed by atoms with Crippen LogP contribution in [-0.2, 0) is 5.60 Å². The molecule has 1 fully saturated rings. The zero-order chi connectivity index (χ0) is 21.6. The number of benzene rings is 1. The normalized spacial score (nSPS) is 18.3. The largest absolute Gasteiger partial charge is 0.495 e. The van der Waals surface area contributed by atoms with Crippen molar-refractivity contribution in [3.05, 3.63) is 47.9 Å². The molecule has 1 saturated heterocycles. The lowest BCUT2D eigenvalue weighted by Crippen LogP contribution is -2.41. The van der Waals surface area contributed by atoms with Crippen molar-refractivity contribution in [1.82, 2.24) is 10.6 Å². The van der Waals surface area contributed by atoms with E-state index in [0.717, 1.165) is 49.8 Å². The molecule has 172 valence electrons. The Labute approximate surface area is 202 Å². The highest BCUT2D eigenvalue weighted by atomic mass is 127. The molecule has 1 aromatic heterocycles. The zero-order valence-corrected chi connectivity index (χ0v) is 21.2. The number of halogens is 1. The van der Waals surface area contributed by atoms with E-state index in [-0.39, 0.29) is 30.5 Å². The summed E-state index contributed by atoms with van der Waals surface area (Å²) in [5.41, 5.74) is -0.00201. The van der Waals surface area contributed by atoms with E-state index >= 15 is 0 Å². The third kappa shape index (κ3) is 6.77. The van der Waals surface area contributed by atoms with Crippen molar-refractivity contribution in [1.29, 1.82) is 0 Å². The average Bonchev–Trinajstić information content (AvgIpc) is 3.39. The Morgan fingerprint density at radius 3 is 2.74 bits per heavy atom. The molecule has 2 aromatic rings. The molecule has 8 heteroatoms. The Balaban J connectivity index is 0.00000341. The number of aryl methyl sites for hydroxylation is 1. The highest BCUT2D eigenvalue weighted by Gasteiger charge is 2.27. The molecule has 2 heterocycles.